The van der Waals surface area contributed by atoms with Crippen LogP contribution in [-0.4, -0.2) is 12.1 Å². The summed E-state index contributed by atoms with van der Waals surface area (Å²) in [5.74, 6) is 0. The highest BCUT2D eigenvalue weighted by Gasteiger charge is 2.21. The summed E-state index contributed by atoms with van der Waals surface area (Å²) in [6.07, 6.45) is 6.13. The van der Waals surface area contributed by atoms with Gasteiger partial charge in [-0.15, -0.1) is 0 Å². The zero-order valence-corrected chi connectivity index (χ0v) is 14.1. The van der Waals surface area contributed by atoms with Gasteiger partial charge in [-0.25, -0.2) is 0 Å². The van der Waals surface area contributed by atoms with Gasteiger partial charge in [-0.2, -0.15) is 0 Å². The molecule has 3 N–H and O–H groups in total. The number of nitrogens with two attached hydrogens (primary N) is 1. The summed E-state index contributed by atoms with van der Waals surface area (Å²) < 4.78 is 0.907. The monoisotopic (exact) mass is 346 g/mol. The molecule has 108 valence electrons. The molecule has 0 amide bonds. The summed E-state index contributed by atoms with van der Waals surface area (Å²) in [4.78, 5) is 0. The van der Waals surface area contributed by atoms with Gasteiger partial charge in [0.2, 0.25) is 0 Å². The first-order chi connectivity index (χ1) is 9.00. The van der Waals surface area contributed by atoms with Crippen LogP contribution in [0.4, 0.5) is 5.69 Å². The van der Waals surface area contributed by atoms with Crippen LogP contribution in [0.2, 0.25) is 5.02 Å². The molecule has 0 radical (unpaired) electrons. The topological polar surface area (TPSA) is 38.0 Å². The number of hydrogen-bond donors (Lipinski definition) is 2. The van der Waals surface area contributed by atoms with Crippen LogP contribution >= 0.6 is 27.5 Å². The Bertz CT molecular complexity index is 398. The van der Waals surface area contributed by atoms with Crippen molar-refractivity contribution >= 4 is 33.2 Å². The second-order valence-corrected chi connectivity index (χ2v) is 6.59. The number of unbranched alkanes of at least 4 members (excludes halogenated alkanes) is 3. The maximum atomic E-state index is 6.00. The maximum Gasteiger partial charge on any atom is 0.0549 e. The highest BCUT2D eigenvalue weighted by Crippen LogP contribution is 2.28. The SMILES string of the molecule is CCCCCCC(C)(CN)Nc1ccc(Cl)c(Br)c1. The van der Waals surface area contributed by atoms with Gasteiger partial charge < -0.3 is 11.1 Å². The minimum atomic E-state index is -0.0546. The number of anilines is 1. The van der Waals surface area contributed by atoms with Crippen molar-refractivity contribution in [1.82, 2.24) is 0 Å². The van der Waals surface area contributed by atoms with Crippen molar-refractivity contribution in [1.29, 1.82) is 0 Å². The van der Waals surface area contributed by atoms with E-state index in [2.05, 4.69) is 35.1 Å². The lowest BCUT2D eigenvalue weighted by Gasteiger charge is -2.31. The molecule has 1 aromatic carbocycles. The molecule has 2 nitrogen and oxygen atoms in total. The van der Waals surface area contributed by atoms with E-state index in [1.807, 2.05) is 18.2 Å². The summed E-state index contributed by atoms with van der Waals surface area (Å²) in [7, 11) is 0. The third-order valence-corrected chi connectivity index (χ3v) is 4.61. The van der Waals surface area contributed by atoms with E-state index in [1.165, 1.54) is 25.7 Å². The van der Waals surface area contributed by atoms with Crippen LogP contribution in [0, 0.1) is 0 Å². The Morgan fingerprint density at radius 2 is 2.05 bits per heavy atom. The van der Waals surface area contributed by atoms with Gasteiger partial charge in [0.1, 0.15) is 0 Å². The van der Waals surface area contributed by atoms with Crippen molar-refractivity contribution in [2.24, 2.45) is 5.73 Å². The van der Waals surface area contributed by atoms with E-state index in [9.17, 15) is 0 Å². The van der Waals surface area contributed by atoms with E-state index in [-0.39, 0.29) is 5.54 Å². The average Bonchev–Trinajstić information content (AvgIpc) is 2.39. The smallest absolute Gasteiger partial charge is 0.0549 e. The zero-order chi connectivity index (χ0) is 14.3. The van der Waals surface area contributed by atoms with Crippen molar-refractivity contribution < 1.29 is 0 Å². The fourth-order valence-corrected chi connectivity index (χ4v) is 2.58. The van der Waals surface area contributed by atoms with Crippen LogP contribution in [0.25, 0.3) is 0 Å². The Labute approximate surface area is 130 Å². The molecular formula is C15H24BrClN2. The quantitative estimate of drug-likeness (QED) is 0.634. The number of benzene rings is 1. The zero-order valence-electron chi connectivity index (χ0n) is 11.8. The standard InChI is InChI=1S/C15H24BrClN2/c1-3-4-5-6-9-15(2,11-18)19-12-7-8-14(17)13(16)10-12/h7-8,10,19H,3-6,9,11,18H2,1-2H3. The van der Waals surface area contributed by atoms with Crippen LogP contribution in [0.3, 0.4) is 0 Å². The third-order valence-electron chi connectivity index (χ3n) is 3.40. The highest BCUT2D eigenvalue weighted by molar-refractivity contribution is 9.10. The maximum absolute atomic E-state index is 6.00. The number of rotatable bonds is 8. The van der Waals surface area contributed by atoms with E-state index in [0.29, 0.717) is 6.54 Å². The van der Waals surface area contributed by atoms with E-state index in [1.54, 1.807) is 0 Å². The Morgan fingerprint density at radius 1 is 1.32 bits per heavy atom. The Morgan fingerprint density at radius 3 is 2.63 bits per heavy atom. The highest BCUT2D eigenvalue weighted by atomic mass is 79.9. The lowest BCUT2D eigenvalue weighted by molar-refractivity contribution is 0.451. The van der Waals surface area contributed by atoms with Crippen LogP contribution in [0.15, 0.2) is 22.7 Å². The average molecular weight is 348 g/mol. The lowest BCUT2D eigenvalue weighted by Crippen LogP contribution is -2.42. The fraction of sp³-hybridized carbons (Fsp3) is 0.600. The first-order valence-electron chi connectivity index (χ1n) is 6.94. The molecule has 1 atom stereocenters. The van der Waals surface area contributed by atoms with Gasteiger partial charge >= 0.3 is 0 Å². The van der Waals surface area contributed by atoms with Gasteiger partial charge in [0.05, 0.1) is 5.02 Å². The second kappa shape index (κ2) is 8.13. The van der Waals surface area contributed by atoms with Crippen LogP contribution in [0.1, 0.15) is 46.0 Å². The summed E-state index contributed by atoms with van der Waals surface area (Å²) in [5.41, 5.74) is 6.94. The Kier molecular flexibility index (Phi) is 7.19. The first kappa shape index (κ1) is 16.8. The number of halogens is 2. The molecule has 0 bridgehead atoms. The Balaban J connectivity index is 2.60. The predicted octanol–water partition coefficient (Wildman–Crippen LogP) is 5.20. The summed E-state index contributed by atoms with van der Waals surface area (Å²) >= 11 is 9.45. The van der Waals surface area contributed by atoms with Gasteiger partial charge in [-0.3, -0.25) is 0 Å². The summed E-state index contributed by atoms with van der Waals surface area (Å²) in [6.45, 7) is 5.03. The van der Waals surface area contributed by atoms with Crippen molar-refractivity contribution in [3.05, 3.63) is 27.7 Å². The molecule has 0 aliphatic carbocycles. The van der Waals surface area contributed by atoms with Crippen LogP contribution < -0.4 is 11.1 Å². The lowest BCUT2D eigenvalue weighted by atomic mass is 9.93. The molecule has 0 heterocycles. The molecule has 4 heteroatoms. The minimum absolute atomic E-state index is 0.0546. The molecule has 0 saturated carbocycles. The summed E-state index contributed by atoms with van der Waals surface area (Å²) in [6, 6.07) is 5.89. The molecule has 1 unspecified atom stereocenters. The summed E-state index contributed by atoms with van der Waals surface area (Å²) in [5, 5.41) is 4.26. The molecule has 0 saturated heterocycles. The van der Waals surface area contributed by atoms with E-state index in [4.69, 9.17) is 17.3 Å². The van der Waals surface area contributed by atoms with Crippen molar-refractivity contribution in [3.8, 4) is 0 Å². The second-order valence-electron chi connectivity index (χ2n) is 5.33. The van der Waals surface area contributed by atoms with Crippen molar-refractivity contribution in [2.75, 3.05) is 11.9 Å². The van der Waals surface area contributed by atoms with E-state index < -0.39 is 0 Å². The fourth-order valence-electron chi connectivity index (χ4n) is 2.08. The van der Waals surface area contributed by atoms with Gasteiger partial charge in [0, 0.05) is 22.2 Å². The number of hydrogen-bond acceptors (Lipinski definition) is 2. The minimum Gasteiger partial charge on any atom is -0.379 e. The van der Waals surface area contributed by atoms with E-state index in [0.717, 1.165) is 21.6 Å². The Hall–Kier alpha value is -0.250. The van der Waals surface area contributed by atoms with Gasteiger partial charge in [-0.1, -0.05) is 44.2 Å². The van der Waals surface area contributed by atoms with Crippen LogP contribution in [0.5, 0.6) is 0 Å². The van der Waals surface area contributed by atoms with Gasteiger partial charge in [0.25, 0.3) is 0 Å². The molecule has 0 aromatic heterocycles. The van der Waals surface area contributed by atoms with Crippen LogP contribution in [-0.2, 0) is 0 Å². The van der Waals surface area contributed by atoms with Crippen molar-refractivity contribution in [3.63, 3.8) is 0 Å². The molecule has 1 rings (SSSR count). The molecule has 0 spiro atoms. The van der Waals surface area contributed by atoms with Crippen molar-refractivity contribution in [2.45, 2.75) is 51.5 Å². The van der Waals surface area contributed by atoms with Gasteiger partial charge in [0.15, 0.2) is 0 Å². The molecule has 0 aliphatic rings. The molecule has 1 aromatic rings. The first-order valence-corrected chi connectivity index (χ1v) is 8.11. The predicted molar refractivity (Wildman–Crippen MR) is 89.0 cm³/mol. The third kappa shape index (κ3) is 5.72. The molecule has 0 fully saturated rings. The van der Waals surface area contributed by atoms with Gasteiger partial charge in [-0.05, 0) is 47.5 Å². The molecule has 19 heavy (non-hydrogen) atoms. The normalized spacial score (nSPS) is 14.2. The van der Waals surface area contributed by atoms with E-state index >= 15 is 0 Å². The molecular weight excluding hydrogens is 324 g/mol. The largest absolute Gasteiger partial charge is 0.379 e. The number of nitrogens with one attached hydrogen (secondary N) is 1. The molecule has 0 aliphatic heterocycles.